The molecule has 0 atom stereocenters. The number of rotatable bonds is 0. The van der Waals surface area contributed by atoms with Crippen LogP contribution in [-0.4, -0.2) is 6.79 Å². The molecule has 0 heterocycles. The van der Waals surface area contributed by atoms with Gasteiger partial charge in [-0.3, -0.25) is 0 Å². The smallest absolute Gasteiger partial charge is 0.106 e. The third-order valence-electron chi connectivity index (χ3n) is 0. The van der Waals surface area contributed by atoms with Crippen LogP contribution in [0.5, 0.6) is 0 Å². The maximum Gasteiger partial charge on any atom is 0.106 e. The van der Waals surface area contributed by atoms with Gasteiger partial charge in [0.15, 0.2) is 0 Å². The van der Waals surface area contributed by atoms with Gasteiger partial charge in [0.25, 0.3) is 0 Å². The van der Waals surface area contributed by atoms with Crippen molar-refractivity contribution >= 4 is 30.1 Å². The van der Waals surface area contributed by atoms with Crippen molar-refractivity contribution in [1.29, 1.82) is 0 Å². The summed E-state index contributed by atoms with van der Waals surface area (Å²) in [4.78, 5) is 8.00. The minimum absolute atomic E-state index is 0. The SMILES string of the molecule is C=O.[Mo].[Mo].[S-][S-]. The molecule has 0 spiro atoms. The summed E-state index contributed by atoms with van der Waals surface area (Å²) in [6.07, 6.45) is 0. The van der Waals surface area contributed by atoms with Crippen molar-refractivity contribution in [3.8, 4) is 0 Å². The molecule has 0 aromatic carbocycles. The van der Waals surface area contributed by atoms with Gasteiger partial charge in [-0.25, -0.2) is 0 Å². The molecule has 0 aliphatic carbocycles. The maximum absolute atomic E-state index is 8.00. The fraction of sp³-hybridized carbons (Fsp3) is 0. The number of hydrogen-bond donors (Lipinski definition) is 0. The van der Waals surface area contributed by atoms with Crippen molar-refractivity contribution in [2.45, 2.75) is 0 Å². The van der Waals surface area contributed by atoms with E-state index in [0.717, 1.165) is 0 Å². The third kappa shape index (κ3) is 42.4. The second-order valence-corrected chi connectivity index (χ2v) is 0. The molecule has 0 aromatic heterocycles. The Bertz CT molecular complexity index is 11.5. The van der Waals surface area contributed by atoms with Gasteiger partial charge >= 0.3 is 0 Å². The first-order valence-corrected chi connectivity index (χ1v) is 1.79. The van der Waals surface area contributed by atoms with Gasteiger partial charge in [0.1, 0.15) is 6.79 Å². The molecule has 1 nitrogen and oxygen atoms in total. The molecule has 0 saturated heterocycles. The molecule has 0 fully saturated rings. The first kappa shape index (κ1) is 25.1. The van der Waals surface area contributed by atoms with Crippen LogP contribution in [0.1, 0.15) is 0 Å². The molecule has 38 valence electrons. The molecule has 0 unspecified atom stereocenters. The van der Waals surface area contributed by atoms with Crippen LogP contribution in [0.2, 0.25) is 0 Å². The van der Waals surface area contributed by atoms with Gasteiger partial charge in [0.2, 0.25) is 0 Å². The van der Waals surface area contributed by atoms with E-state index in [9.17, 15) is 0 Å². The van der Waals surface area contributed by atoms with Gasteiger partial charge in [-0.1, -0.05) is 0 Å². The predicted molar refractivity (Wildman–Crippen MR) is 21.9 cm³/mol. The summed E-state index contributed by atoms with van der Waals surface area (Å²) in [6, 6.07) is 0. The topological polar surface area (TPSA) is 17.1 Å². The Kier molecular flexibility index (Phi) is 306. The molecule has 6 heavy (non-hydrogen) atoms. The zero-order valence-electron chi connectivity index (χ0n) is 2.75. The van der Waals surface area contributed by atoms with Crippen LogP contribution >= 0.6 is 0 Å². The first-order chi connectivity index (χ1) is 2.00. The first-order valence-electron chi connectivity index (χ1n) is 0.455. The van der Waals surface area contributed by atoms with E-state index < -0.39 is 0 Å². The molecular weight excluding hydrogens is 284 g/mol. The van der Waals surface area contributed by atoms with Crippen LogP contribution in [0.4, 0.5) is 0 Å². The quantitative estimate of drug-likeness (QED) is 0.349. The molecule has 0 aliphatic rings. The van der Waals surface area contributed by atoms with E-state index >= 15 is 0 Å². The van der Waals surface area contributed by atoms with Crippen LogP contribution in [0, 0.1) is 0 Å². The fourth-order valence-electron chi connectivity index (χ4n) is 0. The van der Waals surface area contributed by atoms with E-state index in [4.69, 9.17) is 4.79 Å². The number of carbonyl (C=O) groups is 1. The summed E-state index contributed by atoms with van der Waals surface area (Å²) in [5.41, 5.74) is 0. The average Bonchev–Trinajstić information content (AvgIpc) is 1.50. The molecule has 0 bridgehead atoms. The van der Waals surface area contributed by atoms with E-state index in [1.807, 2.05) is 6.79 Å². The predicted octanol–water partition coefficient (Wildman–Crippen LogP) is -0.195. The zero-order valence-corrected chi connectivity index (χ0v) is 8.40. The molecular formula is CH2Mo2OS2-2. The molecule has 5 heteroatoms. The summed E-state index contributed by atoms with van der Waals surface area (Å²) in [7, 11) is 0. The van der Waals surface area contributed by atoms with E-state index in [-0.39, 0.29) is 42.1 Å². The minimum atomic E-state index is 0. The molecule has 0 aliphatic heterocycles. The Labute approximate surface area is 76.4 Å². The maximum atomic E-state index is 8.00. The normalized spacial score (nSPS) is 1.67. The van der Waals surface area contributed by atoms with Gasteiger partial charge in [-0.05, 0) is 0 Å². The van der Waals surface area contributed by atoms with Crippen molar-refractivity contribution in [3.63, 3.8) is 0 Å². The van der Waals surface area contributed by atoms with Crippen LogP contribution in [0.15, 0.2) is 0 Å². The minimum Gasteiger partial charge on any atom is -1.00 e. The van der Waals surface area contributed by atoms with Crippen LogP contribution < -0.4 is 0 Å². The molecule has 0 aromatic rings. The largest absolute Gasteiger partial charge is 1.00 e. The van der Waals surface area contributed by atoms with Crippen LogP contribution in [-0.2, 0) is 70.2 Å². The van der Waals surface area contributed by atoms with Gasteiger partial charge in [0.05, 0.1) is 0 Å². The van der Waals surface area contributed by atoms with Crippen molar-refractivity contribution in [2.75, 3.05) is 0 Å². The molecule has 0 rings (SSSR count). The van der Waals surface area contributed by atoms with Crippen molar-refractivity contribution < 1.29 is 46.9 Å². The second kappa shape index (κ2) is 73.0. The Morgan fingerprint density at radius 3 is 1.00 bits per heavy atom. The Morgan fingerprint density at radius 1 is 1.00 bits per heavy atom. The number of carbonyl (C=O) groups excluding carboxylic acids is 1. The van der Waals surface area contributed by atoms with Gasteiger partial charge in [-0.15, -0.1) is 0 Å². The van der Waals surface area contributed by atoms with Crippen molar-refractivity contribution in [2.24, 2.45) is 0 Å². The monoisotopic (exact) mass is 290 g/mol. The molecule has 0 radical (unpaired) electrons. The van der Waals surface area contributed by atoms with E-state index in [1.54, 1.807) is 0 Å². The van der Waals surface area contributed by atoms with E-state index in [2.05, 4.69) is 23.3 Å². The Morgan fingerprint density at radius 2 is 1.00 bits per heavy atom. The third-order valence-corrected chi connectivity index (χ3v) is 0. The summed E-state index contributed by atoms with van der Waals surface area (Å²) < 4.78 is 0. The van der Waals surface area contributed by atoms with Gasteiger partial charge in [-0.2, -0.15) is 0 Å². The number of hydrogen-bond acceptors (Lipinski definition) is 3. The summed E-state index contributed by atoms with van der Waals surface area (Å²) in [5.74, 6) is 0. The zero-order chi connectivity index (χ0) is 4.00. The standard InChI is InChI=1S/CH2O.2Mo.S2/c1-2;;;1-2/h1H2;;;/q;;;-2. The average molecular weight is 286 g/mol. The Balaban J connectivity index is -0.00000000500. The Hall–Kier alpha value is 1.75. The fourth-order valence-corrected chi connectivity index (χ4v) is 0. The van der Waals surface area contributed by atoms with E-state index in [1.165, 1.54) is 0 Å². The summed E-state index contributed by atoms with van der Waals surface area (Å²) in [5, 5.41) is 0. The van der Waals surface area contributed by atoms with Crippen LogP contribution in [0.25, 0.3) is 0 Å². The molecule has 0 saturated carbocycles. The summed E-state index contributed by atoms with van der Waals surface area (Å²) in [6.45, 7) is 2.00. The second-order valence-electron chi connectivity index (χ2n) is 0. The van der Waals surface area contributed by atoms with Crippen molar-refractivity contribution in [1.82, 2.24) is 0 Å². The van der Waals surface area contributed by atoms with Crippen LogP contribution in [0.3, 0.4) is 0 Å². The van der Waals surface area contributed by atoms with Crippen molar-refractivity contribution in [3.05, 3.63) is 0 Å². The van der Waals surface area contributed by atoms with Gasteiger partial charge in [0, 0.05) is 42.1 Å². The molecule has 0 N–H and O–H groups in total. The molecule has 0 amide bonds. The van der Waals surface area contributed by atoms with E-state index in [0.29, 0.717) is 0 Å². The van der Waals surface area contributed by atoms with Gasteiger partial charge < -0.3 is 28.1 Å². The summed E-state index contributed by atoms with van der Waals surface area (Å²) >= 11 is 7.33.